The zero-order valence-corrected chi connectivity index (χ0v) is 11.6. The van der Waals surface area contributed by atoms with Crippen LogP contribution < -0.4 is 0 Å². The number of rotatable bonds is 3. The van der Waals surface area contributed by atoms with Crippen LogP contribution in [0.2, 0.25) is 0 Å². The zero-order valence-electron chi connectivity index (χ0n) is 11.6. The van der Waals surface area contributed by atoms with Gasteiger partial charge in [-0.15, -0.1) is 0 Å². The maximum Gasteiger partial charge on any atom is 0.269 e. The summed E-state index contributed by atoms with van der Waals surface area (Å²) in [5.74, 6) is 5.74. The third-order valence-corrected chi connectivity index (χ3v) is 3.14. The van der Waals surface area contributed by atoms with Gasteiger partial charge in [-0.05, 0) is 36.8 Å². The zero-order chi connectivity index (χ0) is 15.2. The minimum atomic E-state index is -0.776. The first kappa shape index (κ1) is 14.8. The van der Waals surface area contributed by atoms with E-state index in [-0.39, 0.29) is 11.6 Å². The van der Waals surface area contributed by atoms with E-state index in [1.54, 1.807) is 12.1 Å². The molecule has 2 atom stereocenters. The summed E-state index contributed by atoms with van der Waals surface area (Å²) in [4.78, 5) is 10.1. The molecule has 0 saturated carbocycles. The standard InChI is InChI=1S/C17H15NO3/c1-13(7-8-14-5-3-2-4-6-14)17(19)15-9-11-16(12-10-15)18(20)21/h2-6,9-13,17,19H,1H3. The van der Waals surface area contributed by atoms with Crippen molar-refractivity contribution in [3.63, 3.8) is 0 Å². The number of aliphatic hydroxyl groups is 1. The smallest absolute Gasteiger partial charge is 0.269 e. The molecule has 0 spiro atoms. The summed E-state index contributed by atoms with van der Waals surface area (Å²) in [6.07, 6.45) is -0.776. The summed E-state index contributed by atoms with van der Waals surface area (Å²) in [5, 5.41) is 20.8. The van der Waals surface area contributed by atoms with Gasteiger partial charge in [-0.25, -0.2) is 0 Å². The molecule has 2 rings (SSSR count). The topological polar surface area (TPSA) is 63.4 Å². The molecule has 0 bridgehead atoms. The van der Waals surface area contributed by atoms with Crippen LogP contribution in [-0.4, -0.2) is 10.0 Å². The summed E-state index contributed by atoms with van der Waals surface area (Å²) in [5.41, 5.74) is 1.52. The van der Waals surface area contributed by atoms with Crippen LogP contribution >= 0.6 is 0 Å². The molecule has 2 aromatic rings. The van der Waals surface area contributed by atoms with E-state index in [0.29, 0.717) is 5.56 Å². The Morgan fingerprint density at radius 1 is 1.10 bits per heavy atom. The van der Waals surface area contributed by atoms with Gasteiger partial charge < -0.3 is 5.11 Å². The molecule has 2 aromatic carbocycles. The number of nitrogens with zero attached hydrogens (tertiary/aromatic N) is 1. The molecule has 0 aliphatic heterocycles. The number of nitro benzene ring substituents is 1. The van der Waals surface area contributed by atoms with Crippen molar-refractivity contribution in [3.05, 3.63) is 75.8 Å². The van der Waals surface area contributed by atoms with Crippen LogP contribution in [0.1, 0.15) is 24.2 Å². The highest BCUT2D eigenvalue weighted by Gasteiger charge is 2.15. The lowest BCUT2D eigenvalue weighted by molar-refractivity contribution is -0.384. The van der Waals surface area contributed by atoms with Crippen molar-refractivity contribution in [1.82, 2.24) is 0 Å². The average Bonchev–Trinajstić information content (AvgIpc) is 2.53. The van der Waals surface area contributed by atoms with Crippen molar-refractivity contribution in [2.24, 2.45) is 5.92 Å². The molecular weight excluding hydrogens is 266 g/mol. The maximum atomic E-state index is 10.6. The highest BCUT2D eigenvalue weighted by atomic mass is 16.6. The van der Waals surface area contributed by atoms with Crippen LogP contribution in [-0.2, 0) is 0 Å². The lowest BCUT2D eigenvalue weighted by atomic mass is 9.97. The van der Waals surface area contributed by atoms with E-state index >= 15 is 0 Å². The van der Waals surface area contributed by atoms with Crippen molar-refractivity contribution in [1.29, 1.82) is 0 Å². The molecule has 0 saturated heterocycles. The van der Waals surface area contributed by atoms with Gasteiger partial charge in [0.05, 0.1) is 11.0 Å². The molecule has 0 amide bonds. The summed E-state index contributed by atoms with van der Waals surface area (Å²) in [7, 11) is 0. The van der Waals surface area contributed by atoms with E-state index in [1.165, 1.54) is 12.1 Å². The molecule has 2 unspecified atom stereocenters. The first-order valence-electron chi connectivity index (χ1n) is 6.57. The molecule has 4 heteroatoms. The largest absolute Gasteiger partial charge is 0.387 e. The van der Waals surface area contributed by atoms with Gasteiger partial charge >= 0.3 is 0 Å². The minimum absolute atomic E-state index is 0.00831. The fraction of sp³-hybridized carbons (Fsp3) is 0.176. The van der Waals surface area contributed by atoms with Crippen molar-refractivity contribution in [2.75, 3.05) is 0 Å². The molecule has 4 nitrogen and oxygen atoms in total. The molecular formula is C17H15NO3. The Bertz CT molecular complexity index is 669. The second kappa shape index (κ2) is 6.69. The number of benzene rings is 2. The van der Waals surface area contributed by atoms with Crippen LogP contribution in [0.3, 0.4) is 0 Å². The quantitative estimate of drug-likeness (QED) is 0.533. The van der Waals surface area contributed by atoms with E-state index in [2.05, 4.69) is 11.8 Å². The Morgan fingerprint density at radius 3 is 2.29 bits per heavy atom. The lowest BCUT2D eigenvalue weighted by Gasteiger charge is -2.13. The maximum absolute atomic E-state index is 10.6. The average molecular weight is 281 g/mol. The number of non-ortho nitro benzene ring substituents is 1. The van der Waals surface area contributed by atoms with Gasteiger partial charge in [0.15, 0.2) is 0 Å². The first-order chi connectivity index (χ1) is 10.1. The SMILES string of the molecule is CC(C#Cc1ccccc1)C(O)c1ccc([N+](=O)[O-])cc1. The number of nitro groups is 1. The lowest BCUT2D eigenvalue weighted by Crippen LogP contribution is -2.07. The Labute approximate surface area is 123 Å². The Hall–Kier alpha value is -2.64. The predicted octanol–water partition coefficient (Wildman–Crippen LogP) is 3.32. The third kappa shape index (κ3) is 3.91. The second-order valence-corrected chi connectivity index (χ2v) is 4.72. The number of hydrogen-bond acceptors (Lipinski definition) is 3. The molecule has 0 fully saturated rings. The second-order valence-electron chi connectivity index (χ2n) is 4.72. The molecule has 21 heavy (non-hydrogen) atoms. The summed E-state index contributed by atoms with van der Waals surface area (Å²) >= 11 is 0. The molecule has 1 N–H and O–H groups in total. The summed E-state index contributed by atoms with van der Waals surface area (Å²) in [6.45, 7) is 1.82. The number of hydrogen-bond donors (Lipinski definition) is 1. The molecule has 0 aliphatic carbocycles. The third-order valence-electron chi connectivity index (χ3n) is 3.14. The Morgan fingerprint density at radius 2 is 1.71 bits per heavy atom. The summed E-state index contributed by atoms with van der Waals surface area (Å²) < 4.78 is 0. The van der Waals surface area contributed by atoms with E-state index in [0.717, 1.165) is 5.56 Å². The van der Waals surface area contributed by atoms with Crippen LogP contribution in [0.5, 0.6) is 0 Å². The van der Waals surface area contributed by atoms with Crippen LogP contribution in [0.25, 0.3) is 0 Å². The first-order valence-corrected chi connectivity index (χ1v) is 6.57. The minimum Gasteiger partial charge on any atom is -0.387 e. The van der Waals surface area contributed by atoms with E-state index in [9.17, 15) is 15.2 Å². The van der Waals surface area contributed by atoms with E-state index in [4.69, 9.17) is 0 Å². The van der Waals surface area contributed by atoms with Gasteiger partial charge in [0.1, 0.15) is 0 Å². The number of aliphatic hydroxyl groups excluding tert-OH is 1. The molecule has 0 heterocycles. The summed E-state index contributed by atoms with van der Waals surface area (Å²) in [6, 6.07) is 15.4. The highest BCUT2D eigenvalue weighted by molar-refractivity contribution is 5.36. The Kier molecular flexibility index (Phi) is 4.70. The predicted molar refractivity (Wildman–Crippen MR) is 80.5 cm³/mol. The molecule has 0 aromatic heterocycles. The fourth-order valence-electron chi connectivity index (χ4n) is 1.88. The molecule has 0 radical (unpaired) electrons. The highest BCUT2D eigenvalue weighted by Crippen LogP contribution is 2.23. The van der Waals surface area contributed by atoms with Gasteiger partial charge in [0, 0.05) is 23.6 Å². The van der Waals surface area contributed by atoms with E-state index in [1.807, 2.05) is 37.3 Å². The monoisotopic (exact) mass is 281 g/mol. The van der Waals surface area contributed by atoms with Crippen LogP contribution in [0, 0.1) is 27.9 Å². The van der Waals surface area contributed by atoms with Crippen molar-refractivity contribution in [3.8, 4) is 11.8 Å². The Balaban J connectivity index is 2.10. The van der Waals surface area contributed by atoms with Crippen molar-refractivity contribution < 1.29 is 10.0 Å². The van der Waals surface area contributed by atoms with Gasteiger partial charge in [-0.1, -0.05) is 30.0 Å². The van der Waals surface area contributed by atoms with Crippen LogP contribution in [0.4, 0.5) is 5.69 Å². The van der Waals surface area contributed by atoms with Gasteiger partial charge in [-0.2, -0.15) is 0 Å². The van der Waals surface area contributed by atoms with E-state index < -0.39 is 11.0 Å². The van der Waals surface area contributed by atoms with Gasteiger partial charge in [0.2, 0.25) is 0 Å². The molecule has 0 aliphatic rings. The van der Waals surface area contributed by atoms with Crippen LogP contribution in [0.15, 0.2) is 54.6 Å². The normalized spacial score (nSPS) is 12.9. The molecule has 106 valence electrons. The van der Waals surface area contributed by atoms with Crippen molar-refractivity contribution >= 4 is 5.69 Å². The van der Waals surface area contributed by atoms with Crippen molar-refractivity contribution in [2.45, 2.75) is 13.0 Å². The van der Waals surface area contributed by atoms with Gasteiger partial charge in [-0.3, -0.25) is 10.1 Å². The fourth-order valence-corrected chi connectivity index (χ4v) is 1.88. The van der Waals surface area contributed by atoms with Gasteiger partial charge in [0.25, 0.3) is 5.69 Å².